The first-order chi connectivity index (χ1) is 15.1. The minimum Gasteiger partial charge on any atom is -0.272 e. The number of nitrogens with zero attached hydrogens (tertiary/aromatic N) is 3. The molecule has 152 valence electrons. The number of H-pyrrole nitrogens is 1. The molecule has 31 heavy (non-hydrogen) atoms. The van der Waals surface area contributed by atoms with E-state index >= 15 is 0 Å². The fraction of sp³-hybridized carbons (Fsp3) is 0.0870. The van der Waals surface area contributed by atoms with Gasteiger partial charge in [-0.25, -0.2) is 5.43 Å². The van der Waals surface area contributed by atoms with Crippen LogP contribution in [0.5, 0.6) is 0 Å². The van der Waals surface area contributed by atoms with Gasteiger partial charge in [0, 0.05) is 17.7 Å². The van der Waals surface area contributed by atoms with Gasteiger partial charge >= 0.3 is 0 Å². The molecule has 3 aromatic carbocycles. The average Bonchev–Trinajstić information content (AvgIpc) is 3.43. The third-order valence-electron chi connectivity index (χ3n) is 5.46. The highest BCUT2D eigenvalue weighted by Crippen LogP contribution is 2.36. The van der Waals surface area contributed by atoms with Crippen LogP contribution in [0.3, 0.4) is 0 Å². The van der Waals surface area contributed by atoms with E-state index in [1.165, 1.54) is 34.9 Å². The number of hydrogen-bond acceptors (Lipinski definition) is 5. The van der Waals surface area contributed by atoms with Crippen molar-refractivity contribution in [3.63, 3.8) is 0 Å². The Balaban J connectivity index is 1.34. The van der Waals surface area contributed by atoms with Crippen molar-refractivity contribution in [3.05, 3.63) is 93.2 Å². The fourth-order valence-electron chi connectivity index (χ4n) is 3.95. The zero-order chi connectivity index (χ0) is 21.4. The van der Waals surface area contributed by atoms with Crippen molar-refractivity contribution in [3.8, 4) is 11.3 Å². The number of aromatic amines is 1. The number of nitro benzene ring substituents is 1. The zero-order valence-corrected chi connectivity index (χ0v) is 16.3. The van der Waals surface area contributed by atoms with E-state index in [1.807, 2.05) is 0 Å². The summed E-state index contributed by atoms with van der Waals surface area (Å²) in [5.41, 5.74) is 7.73. The molecule has 0 spiro atoms. The maximum atomic E-state index is 12.4. The quantitative estimate of drug-likeness (QED) is 0.293. The van der Waals surface area contributed by atoms with Gasteiger partial charge in [0.15, 0.2) is 0 Å². The average molecular weight is 411 g/mol. The highest BCUT2D eigenvalue weighted by Gasteiger charge is 2.18. The summed E-state index contributed by atoms with van der Waals surface area (Å²) in [5, 5.41) is 24.1. The molecule has 0 unspecified atom stereocenters. The number of aryl methyl sites for hydroxylation is 2. The highest BCUT2D eigenvalue weighted by atomic mass is 16.6. The Bertz CT molecular complexity index is 1350. The lowest BCUT2D eigenvalue weighted by atomic mass is 9.98. The Kier molecular flexibility index (Phi) is 4.51. The van der Waals surface area contributed by atoms with Crippen molar-refractivity contribution in [2.45, 2.75) is 12.8 Å². The maximum absolute atomic E-state index is 12.4. The van der Waals surface area contributed by atoms with Crippen LogP contribution in [0.25, 0.3) is 22.0 Å². The van der Waals surface area contributed by atoms with E-state index in [1.54, 1.807) is 18.2 Å². The number of hydrazone groups is 1. The molecule has 0 radical (unpaired) electrons. The molecular formula is C23H17N5O3. The molecular weight excluding hydrogens is 394 g/mol. The summed E-state index contributed by atoms with van der Waals surface area (Å²) in [7, 11) is 0. The van der Waals surface area contributed by atoms with Gasteiger partial charge in [-0.05, 0) is 58.5 Å². The second kappa shape index (κ2) is 7.49. The molecule has 8 heteroatoms. The number of benzene rings is 3. The van der Waals surface area contributed by atoms with Crippen molar-refractivity contribution < 1.29 is 9.72 Å². The number of aromatic nitrogens is 2. The number of rotatable bonds is 5. The van der Waals surface area contributed by atoms with Gasteiger partial charge < -0.3 is 0 Å². The standard InChI is InChI=1S/C23H17N5O3/c29-23(27-24-13-14-4-9-17(10-5-14)28(30)31)21-12-20(25-26-21)18-11-8-16-7-6-15-2-1-3-19(18)22(15)16/h1-5,8-13H,6-7H2,(H,25,26)(H,27,29)/b24-13+. The zero-order valence-electron chi connectivity index (χ0n) is 16.3. The van der Waals surface area contributed by atoms with Crippen LogP contribution in [0.4, 0.5) is 5.69 Å². The van der Waals surface area contributed by atoms with Crippen LogP contribution < -0.4 is 5.43 Å². The molecule has 1 aliphatic carbocycles. The van der Waals surface area contributed by atoms with E-state index in [9.17, 15) is 14.9 Å². The van der Waals surface area contributed by atoms with Gasteiger partial charge in [0.2, 0.25) is 0 Å². The van der Waals surface area contributed by atoms with E-state index in [2.05, 4.69) is 51.1 Å². The van der Waals surface area contributed by atoms with E-state index in [4.69, 9.17) is 0 Å². The number of hydrogen-bond donors (Lipinski definition) is 2. The van der Waals surface area contributed by atoms with Crippen LogP contribution in [0.2, 0.25) is 0 Å². The Hall–Kier alpha value is -4.33. The monoisotopic (exact) mass is 411 g/mol. The summed E-state index contributed by atoms with van der Waals surface area (Å²) >= 11 is 0. The number of carbonyl (C=O) groups excluding carboxylic acids is 1. The molecule has 1 aromatic heterocycles. The van der Waals surface area contributed by atoms with Gasteiger partial charge in [-0.3, -0.25) is 20.0 Å². The summed E-state index contributed by atoms with van der Waals surface area (Å²) in [4.78, 5) is 22.6. The van der Waals surface area contributed by atoms with Gasteiger partial charge in [0.25, 0.3) is 11.6 Å². The Morgan fingerprint density at radius 2 is 1.87 bits per heavy atom. The maximum Gasteiger partial charge on any atom is 0.289 e. The highest BCUT2D eigenvalue weighted by molar-refractivity contribution is 6.02. The number of nitro groups is 1. The van der Waals surface area contributed by atoms with E-state index < -0.39 is 10.8 Å². The molecule has 1 amide bonds. The second-order valence-corrected chi connectivity index (χ2v) is 7.33. The molecule has 4 aromatic rings. The summed E-state index contributed by atoms with van der Waals surface area (Å²) in [6.07, 6.45) is 3.52. The minimum absolute atomic E-state index is 0.00535. The van der Waals surface area contributed by atoms with E-state index in [0.29, 0.717) is 17.0 Å². The molecule has 2 N–H and O–H groups in total. The summed E-state index contributed by atoms with van der Waals surface area (Å²) in [5.74, 6) is -0.428. The smallest absolute Gasteiger partial charge is 0.272 e. The molecule has 0 aliphatic heterocycles. The van der Waals surface area contributed by atoms with Crippen LogP contribution in [0.15, 0.2) is 65.8 Å². The van der Waals surface area contributed by atoms with Crippen LogP contribution in [0, 0.1) is 10.1 Å². The van der Waals surface area contributed by atoms with Crippen molar-refractivity contribution >= 4 is 28.6 Å². The predicted octanol–water partition coefficient (Wildman–Crippen LogP) is 4.00. The van der Waals surface area contributed by atoms with Crippen LogP contribution in [-0.4, -0.2) is 27.2 Å². The Morgan fingerprint density at radius 1 is 1.10 bits per heavy atom. The third kappa shape index (κ3) is 3.44. The predicted molar refractivity (Wildman–Crippen MR) is 117 cm³/mol. The van der Waals surface area contributed by atoms with Crippen LogP contribution >= 0.6 is 0 Å². The summed E-state index contributed by atoms with van der Waals surface area (Å²) in [6.45, 7) is 0. The van der Waals surface area contributed by atoms with Crippen LogP contribution in [-0.2, 0) is 12.8 Å². The van der Waals surface area contributed by atoms with Gasteiger partial charge in [-0.15, -0.1) is 0 Å². The molecule has 8 nitrogen and oxygen atoms in total. The summed E-state index contributed by atoms with van der Waals surface area (Å²) < 4.78 is 0. The Labute approximate surface area is 176 Å². The Morgan fingerprint density at radius 3 is 2.65 bits per heavy atom. The van der Waals surface area contributed by atoms with Gasteiger partial charge in [0.05, 0.1) is 16.8 Å². The first-order valence-electron chi connectivity index (χ1n) is 9.77. The number of nitrogens with one attached hydrogen (secondary N) is 2. The normalized spacial score (nSPS) is 12.5. The topological polar surface area (TPSA) is 113 Å². The van der Waals surface area contributed by atoms with E-state index in [-0.39, 0.29) is 5.69 Å². The lowest BCUT2D eigenvalue weighted by molar-refractivity contribution is -0.384. The fourth-order valence-corrected chi connectivity index (χ4v) is 3.95. The molecule has 0 saturated carbocycles. The van der Waals surface area contributed by atoms with Crippen molar-refractivity contribution in [1.82, 2.24) is 15.6 Å². The summed E-state index contributed by atoms with van der Waals surface area (Å²) in [6, 6.07) is 18.1. The molecule has 0 bridgehead atoms. The minimum atomic E-state index is -0.472. The molecule has 0 saturated heterocycles. The van der Waals surface area contributed by atoms with Crippen molar-refractivity contribution in [1.29, 1.82) is 0 Å². The van der Waals surface area contributed by atoms with Crippen molar-refractivity contribution in [2.24, 2.45) is 5.10 Å². The van der Waals surface area contributed by atoms with Gasteiger partial charge in [0.1, 0.15) is 5.69 Å². The first kappa shape index (κ1) is 18.7. The van der Waals surface area contributed by atoms with E-state index in [0.717, 1.165) is 23.8 Å². The SMILES string of the molecule is O=C(N/N=C/c1ccc([N+](=O)[O-])cc1)c1cc(-c2ccc3c4c(cccc24)CC3)n[nH]1. The lowest BCUT2D eigenvalue weighted by Crippen LogP contribution is -2.17. The molecule has 1 heterocycles. The lowest BCUT2D eigenvalue weighted by Gasteiger charge is -2.06. The number of carbonyl (C=O) groups is 1. The van der Waals surface area contributed by atoms with Crippen molar-refractivity contribution in [2.75, 3.05) is 0 Å². The molecule has 5 rings (SSSR count). The second-order valence-electron chi connectivity index (χ2n) is 7.33. The number of amides is 1. The number of non-ortho nitro benzene ring substituents is 1. The molecule has 0 fully saturated rings. The molecule has 1 aliphatic rings. The van der Waals surface area contributed by atoms with Gasteiger partial charge in [-0.2, -0.15) is 10.2 Å². The molecule has 0 atom stereocenters. The first-order valence-corrected chi connectivity index (χ1v) is 9.77. The third-order valence-corrected chi connectivity index (χ3v) is 5.46. The van der Waals surface area contributed by atoms with Crippen LogP contribution in [0.1, 0.15) is 27.2 Å². The largest absolute Gasteiger partial charge is 0.289 e. The van der Waals surface area contributed by atoms with Gasteiger partial charge in [-0.1, -0.05) is 30.3 Å².